The van der Waals surface area contributed by atoms with Gasteiger partial charge in [0.25, 0.3) is 0 Å². The van der Waals surface area contributed by atoms with Crippen LogP contribution in [0.25, 0.3) is 0 Å². The summed E-state index contributed by atoms with van der Waals surface area (Å²) in [5, 5.41) is 27.4. The van der Waals surface area contributed by atoms with E-state index in [1.165, 1.54) is 6.08 Å². The smallest absolute Gasteiger partial charge is 0.134 e. The maximum Gasteiger partial charge on any atom is 0.134 e. The SMILES string of the molecule is C=CC(O)C#CC#CCC(O)C=CCCCCCCCO. The van der Waals surface area contributed by atoms with Gasteiger partial charge >= 0.3 is 0 Å². The van der Waals surface area contributed by atoms with Crippen molar-refractivity contribution in [2.24, 2.45) is 0 Å². The van der Waals surface area contributed by atoms with Gasteiger partial charge in [-0.25, -0.2) is 0 Å². The highest BCUT2D eigenvalue weighted by atomic mass is 16.3. The molecule has 3 N–H and O–H groups in total. The quantitative estimate of drug-likeness (QED) is 0.328. The van der Waals surface area contributed by atoms with Crippen LogP contribution in [0.5, 0.6) is 0 Å². The predicted molar refractivity (Wildman–Crippen MR) is 86.3 cm³/mol. The Hall–Kier alpha value is -1.52. The van der Waals surface area contributed by atoms with Crippen molar-refractivity contribution in [3.8, 4) is 23.7 Å². The third-order valence-electron chi connectivity index (χ3n) is 2.79. The molecular weight excluding hydrogens is 264 g/mol. The molecule has 0 aliphatic heterocycles. The molecule has 3 nitrogen and oxygen atoms in total. The molecule has 2 unspecified atom stereocenters. The third-order valence-corrected chi connectivity index (χ3v) is 2.79. The fourth-order valence-corrected chi connectivity index (χ4v) is 1.59. The number of hydrogen-bond acceptors (Lipinski definition) is 3. The summed E-state index contributed by atoms with van der Waals surface area (Å²) in [7, 11) is 0. The van der Waals surface area contributed by atoms with Gasteiger partial charge in [0.15, 0.2) is 0 Å². The van der Waals surface area contributed by atoms with Crippen LogP contribution in [-0.4, -0.2) is 34.1 Å². The van der Waals surface area contributed by atoms with Crippen molar-refractivity contribution in [2.45, 2.75) is 57.2 Å². The number of aliphatic hydroxyl groups is 3. The molecule has 0 aromatic rings. The Bertz CT molecular complexity index is 404. The molecule has 0 aromatic heterocycles. The second kappa shape index (κ2) is 14.9. The van der Waals surface area contributed by atoms with Crippen molar-refractivity contribution in [2.75, 3.05) is 6.61 Å². The van der Waals surface area contributed by atoms with Crippen LogP contribution in [0.1, 0.15) is 44.9 Å². The molecule has 0 heterocycles. The minimum absolute atomic E-state index is 0.282. The van der Waals surface area contributed by atoms with E-state index in [1.54, 1.807) is 6.08 Å². The number of hydrogen-bond donors (Lipinski definition) is 3. The molecule has 3 heteroatoms. The van der Waals surface area contributed by atoms with E-state index in [2.05, 4.69) is 30.3 Å². The highest BCUT2D eigenvalue weighted by Gasteiger charge is 1.94. The van der Waals surface area contributed by atoms with Gasteiger partial charge < -0.3 is 15.3 Å². The summed E-state index contributed by atoms with van der Waals surface area (Å²) >= 11 is 0. The zero-order valence-electron chi connectivity index (χ0n) is 12.6. The maximum atomic E-state index is 9.65. The first-order valence-electron chi connectivity index (χ1n) is 7.45. The molecule has 0 amide bonds. The monoisotopic (exact) mass is 290 g/mol. The molecule has 0 bridgehead atoms. The van der Waals surface area contributed by atoms with Gasteiger partial charge in [0, 0.05) is 13.0 Å². The minimum atomic E-state index is -0.846. The summed E-state index contributed by atoms with van der Waals surface area (Å²) in [4.78, 5) is 0. The lowest BCUT2D eigenvalue weighted by Gasteiger charge is -1.99. The van der Waals surface area contributed by atoms with Crippen molar-refractivity contribution in [3.63, 3.8) is 0 Å². The average Bonchev–Trinajstić information content (AvgIpc) is 2.49. The molecule has 0 radical (unpaired) electrons. The minimum Gasteiger partial charge on any atom is -0.396 e. The van der Waals surface area contributed by atoms with E-state index in [4.69, 9.17) is 10.2 Å². The van der Waals surface area contributed by atoms with E-state index in [0.717, 1.165) is 38.5 Å². The van der Waals surface area contributed by atoms with Gasteiger partial charge in [0.1, 0.15) is 6.10 Å². The van der Waals surface area contributed by atoms with Crippen molar-refractivity contribution < 1.29 is 15.3 Å². The Morgan fingerprint density at radius 2 is 1.71 bits per heavy atom. The van der Waals surface area contributed by atoms with Crippen LogP contribution in [-0.2, 0) is 0 Å². The molecule has 0 saturated heterocycles. The Kier molecular flexibility index (Phi) is 13.8. The average molecular weight is 290 g/mol. The summed E-state index contributed by atoms with van der Waals surface area (Å²) in [5.41, 5.74) is 0. The molecule has 0 aliphatic carbocycles. The summed E-state index contributed by atoms with van der Waals surface area (Å²) in [6.07, 6.45) is 10.3. The third kappa shape index (κ3) is 14.7. The number of allylic oxidation sites excluding steroid dienone is 1. The standard InChI is InChI=1S/C18H26O3/c1-2-17(20)13-10-8-11-15-18(21)14-9-6-4-3-5-7-12-16-19/h2,9,14,17-21H,1,3-7,12,15-16H2. The van der Waals surface area contributed by atoms with Crippen molar-refractivity contribution in [1.82, 2.24) is 0 Å². The van der Waals surface area contributed by atoms with Gasteiger partial charge in [-0.05, 0) is 31.1 Å². The van der Waals surface area contributed by atoms with Crippen LogP contribution in [0, 0.1) is 23.7 Å². The Morgan fingerprint density at radius 1 is 1.00 bits per heavy atom. The Labute approximate surface area is 128 Å². The van der Waals surface area contributed by atoms with E-state index in [9.17, 15) is 5.11 Å². The van der Waals surface area contributed by atoms with Crippen LogP contribution in [0.4, 0.5) is 0 Å². The lowest BCUT2D eigenvalue weighted by atomic mass is 10.1. The van der Waals surface area contributed by atoms with Crippen molar-refractivity contribution in [1.29, 1.82) is 0 Å². The lowest BCUT2D eigenvalue weighted by Crippen LogP contribution is -1.99. The van der Waals surface area contributed by atoms with Crippen LogP contribution >= 0.6 is 0 Å². The second-order valence-corrected chi connectivity index (χ2v) is 4.73. The van der Waals surface area contributed by atoms with Crippen LogP contribution in [0.15, 0.2) is 24.8 Å². The summed E-state index contributed by atoms with van der Waals surface area (Å²) < 4.78 is 0. The van der Waals surface area contributed by atoms with E-state index in [-0.39, 0.29) is 6.61 Å². The molecule has 2 atom stereocenters. The fraction of sp³-hybridized carbons (Fsp3) is 0.556. The van der Waals surface area contributed by atoms with Gasteiger partial charge in [0.2, 0.25) is 0 Å². The molecule has 0 saturated carbocycles. The molecule has 0 spiro atoms. The van der Waals surface area contributed by atoms with Crippen molar-refractivity contribution in [3.05, 3.63) is 24.8 Å². The zero-order chi connectivity index (χ0) is 15.8. The summed E-state index contributed by atoms with van der Waals surface area (Å²) in [6, 6.07) is 0. The molecule has 0 fully saturated rings. The van der Waals surface area contributed by atoms with Crippen LogP contribution in [0.3, 0.4) is 0 Å². The molecule has 21 heavy (non-hydrogen) atoms. The highest BCUT2D eigenvalue weighted by Crippen LogP contribution is 2.06. The fourth-order valence-electron chi connectivity index (χ4n) is 1.59. The lowest BCUT2D eigenvalue weighted by molar-refractivity contribution is 0.229. The predicted octanol–water partition coefficient (Wildman–Crippen LogP) is 2.18. The summed E-state index contributed by atoms with van der Waals surface area (Å²) in [6.45, 7) is 3.68. The number of aliphatic hydroxyl groups excluding tert-OH is 3. The molecule has 0 rings (SSSR count). The molecule has 0 aromatic carbocycles. The second-order valence-electron chi connectivity index (χ2n) is 4.73. The maximum absolute atomic E-state index is 9.65. The largest absolute Gasteiger partial charge is 0.396 e. The van der Waals surface area contributed by atoms with Gasteiger partial charge in [0.05, 0.1) is 6.10 Å². The van der Waals surface area contributed by atoms with Crippen LogP contribution < -0.4 is 0 Å². The van der Waals surface area contributed by atoms with Crippen molar-refractivity contribution >= 4 is 0 Å². The van der Waals surface area contributed by atoms with Gasteiger partial charge in [-0.3, -0.25) is 0 Å². The van der Waals surface area contributed by atoms with Gasteiger partial charge in [-0.2, -0.15) is 0 Å². The molecule has 116 valence electrons. The molecular formula is C18H26O3. The van der Waals surface area contributed by atoms with Gasteiger partial charge in [-0.1, -0.05) is 55.9 Å². The van der Waals surface area contributed by atoms with E-state index in [0.29, 0.717) is 6.42 Å². The van der Waals surface area contributed by atoms with E-state index >= 15 is 0 Å². The first kappa shape index (κ1) is 19.5. The molecule has 0 aliphatic rings. The Morgan fingerprint density at radius 3 is 2.43 bits per heavy atom. The normalized spacial score (nSPS) is 12.9. The van der Waals surface area contributed by atoms with Gasteiger partial charge in [-0.15, -0.1) is 0 Å². The van der Waals surface area contributed by atoms with Crippen LogP contribution in [0.2, 0.25) is 0 Å². The number of unbranched alkanes of at least 4 members (excludes halogenated alkanes) is 5. The highest BCUT2D eigenvalue weighted by molar-refractivity contribution is 5.28. The zero-order valence-corrected chi connectivity index (χ0v) is 12.6. The first-order chi connectivity index (χ1) is 10.2. The Balaban J connectivity index is 3.66. The topological polar surface area (TPSA) is 60.7 Å². The summed E-state index contributed by atoms with van der Waals surface area (Å²) in [5.74, 6) is 10.3. The first-order valence-corrected chi connectivity index (χ1v) is 7.45. The number of rotatable bonds is 10. The van der Waals surface area contributed by atoms with E-state index < -0.39 is 12.2 Å². The van der Waals surface area contributed by atoms with E-state index in [1.807, 2.05) is 6.08 Å².